The van der Waals surface area contributed by atoms with Crippen molar-refractivity contribution >= 4 is 18.2 Å². The Kier molecular flexibility index (Phi) is 4.20. The van der Waals surface area contributed by atoms with E-state index in [0.717, 1.165) is 5.56 Å². The molecule has 3 N–H and O–H groups in total. The van der Waals surface area contributed by atoms with Crippen molar-refractivity contribution in [3.8, 4) is 11.4 Å². The zero-order valence-corrected chi connectivity index (χ0v) is 12.9. The molecule has 0 aliphatic heterocycles. The lowest BCUT2D eigenvalue weighted by molar-refractivity contribution is 0.0696. The van der Waals surface area contributed by atoms with E-state index >= 15 is 0 Å². The molecule has 0 aliphatic rings. The Labute approximate surface area is 137 Å². The van der Waals surface area contributed by atoms with E-state index in [0.29, 0.717) is 22.7 Å². The number of aromatic nitrogens is 3. The number of aromatic carboxylic acids is 1. The van der Waals surface area contributed by atoms with Crippen LogP contribution in [0.25, 0.3) is 11.4 Å². The van der Waals surface area contributed by atoms with E-state index in [9.17, 15) is 9.90 Å². The zero-order chi connectivity index (χ0) is 16.2. The Morgan fingerprint density at radius 2 is 1.87 bits per heavy atom. The summed E-state index contributed by atoms with van der Waals surface area (Å²) in [6.07, 6.45) is 0. The van der Waals surface area contributed by atoms with Crippen LogP contribution >= 0.6 is 12.2 Å². The first-order valence-corrected chi connectivity index (χ1v) is 7.35. The van der Waals surface area contributed by atoms with Crippen molar-refractivity contribution in [1.29, 1.82) is 0 Å². The van der Waals surface area contributed by atoms with Gasteiger partial charge in [-0.25, -0.2) is 14.6 Å². The van der Waals surface area contributed by atoms with E-state index in [4.69, 9.17) is 12.2 Å². The number of H-pyrrole nitrogens is 1. The van der Waals surface area contributed by atoms with Crippen LogP contribution < -0.4 is 5.43 Å². The maximum absolute atomic E-state index is 11.3. The molecule has 0 radical (unpaired) electrons. The normalized spacial score (nSPS) is 10.4. The number of carboxylic acids is 1. The summed E-state index contributed by atoms with van der Waals surface area (Å²) in [5.41, 5.74) is 4.96. The van der Waals surface area contributed by atoms with Crippen molar-refractivity contribution in [2.24, 2.45) is 0 Å². The van der Waals surface area contributed by atoms with Crippen LogP contribution in [-0.4, -0.2) is 25.9 Å². The number of hydrogen-bond acceptors (Lipinski definition) is 4. The molecule has 1 aromatic heterocycles. The fourth-order valence-electron chi connectivity index (χ4n) is 2.27. The van der Waals surface area contributed by atoms with Gasteiger partial charge in [-0.2, -0.15) is 5.10 Å². The average molecular weight is 326 g/mol. The van der Waals surface area contributed by atoms with Crippen LogP contribution in [0.15, 0.2) is 54.6 Å². The van der Waals surface area contributed by atoms with Crippen LogP contribution in [0.5, 0.6) is 0 Å². The van der Waals surface area contributed by atoms with Gasteiger partial charge in [-0.05, 0) is 23.8 Å². The zero-order valence-electron chi connectivity index (χ0n) is 12.1. The van der Waals surface area contributed by atoms with Gasteiger partial charge < -0.3 is 10.5 Å². The van der Waals surface area contributed by atoms with Crippen LogP contribution in [0, 0.1) is 4.77 Å². The van der Waals surface area contributed by atoms with Crippen LogP contribution in [0.3, 0.4) is 0 Å². The smallest absolute Gasteiger partial charge is 0.336 e. The van der Waals surface area contributed by atoms with Gasteiger partial charge in [0.05, 0.1) is 12.1 Å². The molecular weight excluding hydrogens is 312 g/mol. The summed E-state index contributed by atoms with van der Waals surface area (Å²) in [4.78, 5) is 11.3. The molecule has 0 unspecified atom stereocenters. The Morgan fingerprint density at radius 1 is 1.17 bits per heavy atom. The fraction of sp³-hybridized carbons (Fsp3) is 0.0625. The average Bonchev–Trinajstić information content (AvgIpc) is 2.94. The van der Waals surface area contributed by atoms with Crippen molar-refractivity contribution in [1.82, 2.24) is 14.9 Å². The minimum absolute atomic E-state index is 0.260. The van der Waals surface area contributed by atoms with Gasteiger partial charge in [0, 0.05) is 5.56 Å². The molecule has 0 amide bonds. The predicted molar refractivity (Wildman–Crippen MR) is 89.3 cm³/mol. The molecule has 0 spiro atoms. The fourth-order valence-corrected chi connectivity index (χ4v) is 2.47. The van der Waals surface area contributed by atoms with Crippen molar-refractivity contribution in [2.45, 2.75) is 6.54 Å². The minimum Gasteiger partial charge on any atom is -0.478 e. The first kappa shape index (κ1) is 15.0. The van der Waals surface area contributed by atoms with Gasteiger partial charge in [-0.3, -0.25) is 0 Å². The molecule has 23 heavy (non-hydrogen) atoms. The first-order chi connectivity index (χ1) is 11.2. The SMILES string of the molecule is O=C(O)c1ccccc1CNn1c(-c2ccccc2)n[nH]c1=S. The van der Waals surface area contributed by atoms with Gasteiger partial charge in [-0.1, -0.05) is 48.5 Å². The van der Waals surface area contributed by atoms with Crippen LogP contribution in [-0.2, 0) is 6.54 Å². The lowest BCUT2D eigenvalue weighted by Gasteiger charge is -2.11. The Balaban J connectivity index is 1.89. The number of carbonyl (C=O) groups is 1. The second-order valence-corrected chi connectivity index (χ2v) is 5.24. The summed E-state index contributed by atoms with van der Waals surface area (Å²) in [5.74, 6) is -0.315. The first-order valence-electron chi connectivity index (χ1n) is 6.95. The maximum Gasteiger partial charge on any atom is 0.336 e. The number of hydrogen-bond donors (Lipinski definition) is 3. The monoisotopic (exact) mass is 326 g/mol. The van der Waals surface area contributed by atoms with Crippen molar-refractivity contribution < 1.29 is 9.90 Å². The summed E-state index contributed by atoms with van der Waals surface area (Å²) in [5, 5.41) is 16.2. The number of benzene rings is 2. The molecule has 2 aromatic carbocycles. The Bertz CT molecular complexity index is 886. The third-order valence-corrected chi connectivity index (χ3v) is 3.65. The molecule has 1 heterocycles. The molecule has 0 fully saturated rings. The number of aromatic amines is 1. The van der Waals surface area contributed by atoms with E-state index in [1.54, 1.807) is 28.9 Å². The van der Waals surface area contributed by atoms with Crippen molar-refractivity contribution in [2.75, 3.05) is 5.43 Å². The van der Waals surface area contributed by atoms with Gasteiger partial charge in [0.15, 0.2) is 5.82 Å². The molecule has 3 rings (SSSR count). The molecule has 0 saturated carbocycles. The molecule has 6 nitrogen and oxygen atoms in total. The highest BCUT2D eigenvalue weighted by Crippen LogP contribution is 2.16. The van der Waals surface area contributed by atoms with Gasteiger partial charge in [0.1, 0.15) is 0 Å². The Morgan fingerprint density at radius 3 is 2.61 bits per heavy atom. The van der Waals surface area contributed by atoms with Crippen LogP contribution in [0.4, 0.5) is 0 Å². The van der Waals surface area contributed by atoms with E-state index in [-0.39, 0.29) is 5.56 Å². The van der Waals surface area contributed by atoms with Gasteiger partial charge in [0.25, 0.3) is 0 Å². The van der Waals surface area contributed by atoms with Gasteiger partial charge in [0.2, 0.25) is 4.77 Å². The highest BCUT2D eigenvalue weighted by molar-refractivity contribution is 7.71. The van der Waals surface area contributed by atoms with E-state index in [1.165, 1.54) is 0 Å². The topological polar surface area (TPSA) is 82.9 Å². The second-order valence-electron chi connectivity index (χ2n) is 4.85. The predicted octanol–water partition coefficient (Wildman–Crippen LogP) is 3.05. The Hall–Kier alpha value is -2.93. The highest BCUT2D eigenvalue weighted by Gasteiger charge is 2.11. The number of rotatable bonds is 5. The summed E-state index contributed by atoms with van der Waals surface area (Å²) < 4.78 is 2.06. The second kappa shape index (κ2) is 6.45. The molecule has 0 atom stereocenters. The van der Waals surface area contributed by atoms with Gasteiger partial charge >= 0.3 is 5.97 Å². The third kappa shape index (κ3) is 3.14. The molecule has 3 aromatic rings. The van der Waals surface area contributed by atoms with Gasteiger partial charge in [-0.15, -0.1) is 0 Å². The van der Waals surface area contributed by atoms with E-state index in [2.05, 4.69) is 15.6 Å². The summed E-state index contributed by atoms with van der Waals surface area (Å²) in [7, 11) is 0. The summed E-state index contributed by atoms with van der Waals surface area (Å²) in [6.45, 7) is 0.316. The largest absolute Gasteiger partial charge is 0.478 e. The van der Waals surface area contributed by atoms with Crippen LogP contribution in [0.1, 0.15) is 15.9 Å². The molecule has 0 saturated heterocycles. The highest BCUT2D eigenvalue weighted by atomic mass is 32.1. The summed E-state index contributed by atoms with van der Waals surface area (Å²) in [6, 6.07) is 16.4. The molecular formula is C16H14N4O2S. The number of carboxylic acid groups (broad SMARTS) is 1. The quantitative estimate of drug-likeness (QED) is 0.628. The molecule has 7 heteroatoms. The molecule has 0 aliphatic carbocycles. The minimum atomic E-state index is -0.957. The molecule has 0 bridgehead atoms. The van der Waals surface area contributed by atoms with Crippen molar-refractivity contribution in [3.05, 3.63) is 70.5 Å². The number of nitrogens with zero attached hydrogens (tertiary/aromatic N) is 2. The molecule has 116 valence electrons. The number of nitrogens with one attached hydrogen (secondary N) is 2. The maximum atomic E-state index is 11.3. The van der Waals surface area contributed by atoms with E-state index in [1.807, 2.05) is 30.3 Å². The lowest BCUT2D eigenvalue weighted by Crippen LogP contribution is -2.17. The van der Waals surface area contributed by atoms with Crippen molar-refractivity contribution in [3.63, 3.8) is 0 Å². The lowest BCUT2D eigenvalue weighted by atomic mass is 10.1. The third-order valence-electron chi connectivity index (χ3n) is 3.38. The van der Waals surface area contributed by atoms with Crippen LogP contribution in [0.2, 0.25) is 0 Å². The van der Waals surface area contributed by atoms with E-state index < -0.39 is 5.97 Å². The standard InChI is InChI=1S/C16H14N4O2S/c21-15(22)13-9-5-4-8-12(13)10-17-20-14(18-19-16(20)23)11-6-2-1-3-7-11/h1-9,17H,10H2,(H,19,23)(H,21,22). The summed E-state index contributed by atoms with van der Waals surface area (Å²) >= 11 is 5.24.